The van der Waals surface area contributed by atoms with Gasteiger partial charge in [0.2, 0.25) is 5.91 Å². The van der Waals surface area contributed by atoms with Gasteiger partial charge in [-0.1, -0.05) is 25.1 Å². The van der Waals surface area contributed by atoms with E-state index < -0.39 is 0 Å². The SMILES string of the molecule is CNCC(C)C(=O)Nc1ccc(C(=O)NCc2ccccc2F)cc1.Cl. The minimum absolute atomic E-state index is 0. The summed E-state index contributed by atoms with van der Waals surface area (Å²) in [6, 6.07) is 12.9. The van der Waals surface area contributed by atoms with Gasteiger partial charge in [0.25, 0.3) is 5.91 Å². The molecule has 1 unspecified atom stereocenters. The van der Waals surface area contributed by atoms with Crippen molar-refractivity contribution in [1.82, 2.24) is 10.6 Å². The third-order valence-corrected chi connectivity index (χ3v) is 3.77. The molecule has 2 aromatic rings. The minimum atomic E-state index is -0.350. The first-order valence-electron chi connectivity index (χ1n) is 8.08. The Hall–Kier alpha value is -2.44. The van der Waals surface area contributed by atoms with Crippen LogP contribution in [0.25, 0.3) is 0 Å². The zero-order chi connectivity index (χ0) is 18.2. The second-order valence-electron chi connectivity index (χ2n) is 5.80. The molecule has 2 amide bonds. The normalized spacial score (nSPS) is 11.2. The second kappa shape index (κ2) is 10.5. The topological polar surface area (TPSA) is 70.2 Å². The summed E-state index contributed by atoms with van der Waals surface area (Å²) in [5.41, 5.74) is 1.49. The molecule has 2 rings (SSSR count). The van der Waals surface area contributed by atoms with E-state index in [4.69, 9.17) is 0 Å². The first kappa shape index (κ1) is 21.6. The monoisotopic (exact) mass is 379 g/mol. The standard InChI is InChI=1S/C19H22FN3O2.ClH/c1-13(11-21-2)18(24)23-16-9-7-14(8-10-16)19(25)22-12-15-5-3-4-6-17(15)20;/h3-10,13,21H,11-12H2,1-2H3,(H,22,25)(H,23,24);1H. The van der Waals surface area contributed by atoms with E-state index in [2.05, 4.69) is 16.0 Å². The molecule has 3 N–H and O–H groups in total. The highest BCUT2D eigenvalue weighted by Crippen LogP contribution is 2.12. The highest BCUT2D eigenvalue weighted by molar-refractivity contribution is 5.96. The Labute approximate surface area is 158 Å². The molecule has 7 heteroatoms. The Kier molecular flexibility index (Phi) is 8.75. The van der Waals surface area contributed by atoms with Gasteiger partial charge in [-0.2, -0.15) is 0 Å². The first-order valence-corrected chi connectivity index (χ1v) is 8.08. The number of carbonyl (C=O) groups is 2. The van der Waals surface area contributed by atoms with E-state index in [1.807, 2.05) is 6.92 Å². The molecule has 0 aliphatic rings. The number of amides is 2. The average molecular weight is 380 g/mol. The zero-order valence-electron chi connectivity index (χ0n) is 14.7. The third-order valence-electron chi connectivity index (χ3n) is 3.77. The van der Waals surface area contributed by atoms with Crippen LogP contribution < -0.4 is 16.0 Å². The molecule has 0 saturated heterocycles. The van der Waals surface area contributed by atoms with Crippen LogP contribution in [0.4, 0.5) is 10.1 Å². The molecule has 0 aliphatic carbocycles. The molecular formula is C19H23ClFN3O2. The summed E-state index contributed by atoms with van der Waals surface area (Å²) in [6.45, 7) is 2.53. The van der Waals surface area contributed by atoms with Crippen LogP contribution in [-0.2, 0) is 11.3 Å². The smallest absolute Gasteiger partial charge is 0.251 e. The first-order chi connectivity index (χ1) is 12.0. The highest BCUT2D eigenvalue weighted by Gasteiger charge is 2.12. The van der Waals surface area contributed by atoms with Crippen molar-refractivity contribution in [3.63, 3.8) is 0 Å². The summed E-state index contributed by atoms with van der Waals surface area (Å²) >= 11 is 0. The van der Waals surface area contributed by atoms with Crippen molar-refractivity contribution in [3.05, 3.63) is 65.5 Å². The van der Waals surface area contributed by atoms with E-state index in [0.29, 0.717) is 23.4 Å². The van der Waals surface area contributed by atoms with Crippen molar-refractivity contribution >= 4 is 29.9 Å². The molecule has 0 heterocycles. The van der Waals surface area contributed by atoms with Gasteiger partial charge in [-0.15, -0.1) is 12.4 Å². The minimum Gasteiger partial charge on any atom is -0.348 e. The fourth-order valence-corrected chi connectivity index (χ4v) is 2.29. The van der Waals surface area contributed by atoms with E-state index in [1.54, 1.807) is 49.5 Å². The second-order valence-corrected chi connectivity index (χ2v) is 5.80. The summed E-state index contributed by atoms with van der Waals surface area (Å²) in [5.74, 6) is -0.902. The summed E-state index contributed by atoms with van der Waals surface area (Å²) in [5, 5.41) is 8.42. The molecule has 26 heavy (non-hydrogen) atoms. The lowest BCUT2D eigenvalue weighted by atomic mass is 10.1. The van der Waals surface area contributed by atoms with Crippen LogP contribution in [0.3, 0.4) is 0 Å². The Morgan fingerprint density at radius 1 is 1.08 bits per heavy atom. The number of halogens is 2. The number of hydrogen-bond acceptors (Lipinski definition) is 3. The number of nitrogens with one attached hydrogen (secondary N) is 3. The van der Waals surface area contributed by atoms with E-state index >= 15 is 0 Å². The maximum Gasteiger partial charge on any atom is 0.251 e. The molecule has 140 valence electrons. The number of anilines is 1. The lowest BCUT2D eigenvalue weighted by molar-refractivity contribution is -0.119. The van der Waals surface area contributed by atoms with Gasteiger partial charge in [-0.25, -0.2) is 4.39 Å². The van der Waals surface area contributed by atoms with Crippen LogP contribution >= 0.6 is 12.4 Å². The Morgan fingerprint density at radius 2 is 1.73 bits per heavy atom. The van der Waals surface area contributed by atoms with Crippen LogP contribution in [0, 0.1) is 11.7 Å². The van der Waals surface area contributed by atoms with Gasteiger partial charge in [-0.05, 0) is 37.4 Å². The molecule has 2 aromatic carbocycles. The molecule has 0 radical (unpaired) electrons. The fraction of sp³-hybridized carbons (Fsp3) is 0.263. The van der Waals surface area contributed by atoms with Crippen molar-refractivity contribution in [2.75, 3.05) is 18.9 Å². The van der Waals surface area contributed by atoms with Crippen molar-refractivity contribution < 1.29 is 14.0 Å². The maximum atomic E-state index is 13.5. The Bertz CT molecular complexity index is 738. The van der Waals surface area contributed by atoms with Gasteiger partial charge >= 0.3 is 0 Å². The van der Waals surface area contributed by atoms with E-state index in [-0.39, 0.29) is 42.5 Å². The number of benzene rings is 2. The summed E-state index contributed by atoms with van der Waals surface area (Å²) in [4.78, 5) is 24.1. The zero-order valence-corrected chi connectivity index (χ0v) is 15.5. The molecule has 0 fully saturated rings. The molecule has 0 bridgehead atoms. The number of carbonyl (C=O) groups excluding carboxylic acids is 2. The average Bonchev–Trinajstić information content (AvgIpc) is 2.61. The quantitative estimate of drug-likeness (QED) is 0.692. The predicted octanol–water partition coefficient (Wildman–Crippen LogP) is 2.97. The molecule has 0 aliphatic heterocycles. The Morgan fingerprint density at radius 3 is 2.35 bits per heavy atom. The van der Waals surface area contributed by atoms with Gasteiger partial charge in [0.05, 0.1) is 0 Å². The molecule has 0 spiro atoms. The molecule has 0 aromatic heterocycles. The lowest BCUT2D eigenvalue weighted by Crippen LogP contribution is -2.28. The molecule has 0 saturated carbocycles. The van der Waals surface area contributed by atoms with Gasteiger partial charge in [-0.3, -0.25) is 9.59 Å². The predicted molar refractivity (Wildman–Crippen MR) is 103 cm³/mol. The van der Waals surface area contributed by atoms with Crippen molar-refractivity contribution in [3.8, 4) is 0 Å². The lowest BCUT2D eigenvalue weighted by Gasteiger charge is -2.12. The van der Waals surface area contributed by atoms with Gasteiger partial charge < -0.3 is 16.0 Å². The molecule has 1 atom stereocenters. The van der Waals surface area contributed by atoms with Crippen LogP contribution in [0.15, 0.2) is 48.5 Å². The largest absolute Gasteiger partial charge is 0.348 e. The van der Waals surface area contributed by atoms with Crippen molar-refractivity contribution in [2.45, 2.75) is 13.5 Å². The summed E-state index contributed by atoms with van der Waals surface area (Å²) in [6.07, 6.45) is 0. The van der Waals surface area contributed by atoms with Crippen LogP contribution in [0.2, 0.25) is 0 Å². The van der Waals surface area contributed by atoms with E-state index in [1.165, 1.54) is 6.07 Å². The molecule has 5 nitrogen and oxygen atoms in total. The summed E-state index contributed by atoms with van der Waals surface area (Å²) < 4.78 is 13.5. The van der Waals surface area contributed by atoms with Crippen LogP contribution in [-0.4, -0.2) is 25.4 Å². The van der Waals surface area contributed by atoms with Crippen LogP contribution in [0.1, 0.15) is 22.8 Å². The van der Waals surface area contributed by atoms with Crippen LogP contribution in [0.5, 0.6) is 0 Å². The number of hydrogen-bond donors (Lipinski definition) is 3. The van der Waals surface area contributed by atoms with Gasteiger partial charge in [0.15, 0.2) is 0 Å². The van der Waals surface area contributed by atoms with Gasteiger partial charge in [0.1, 0.15) is 5.82 Å². The highest BCUT2D eigenvalue weighted by atomic mass is 35.5. The number of rotatable bonds is 7. The van der Waals surface area contributed by atoms with Crippen molar-refractivity contribution in [2.24, 2.45) is 5.92 Å². The summed E-state index contributed by atoms with van der Waals surface area (Å²) in [7, 11) is 1.79. The third kappa shape index (κ3) is 6.13. The Balaban J connectivity index is 0.00000338. The van der Waals surface area contributed by atoms with E-state index in [9.17, 15) is 14.0 Å². The van der Waals surface area contributed by atoms with Crippen molar-refractivity contribution in [1.29, 1.82) is 0 Å². The fourth-order valence-electron chi connectivity index (χ4n) is 2.29. The van der Waals surface area contributed by atoms with E-state index in [0.717, 1.165) is 0 Å². The van der Waals surface area contributed by atoms with Gasteiger partial charge in [0, 0.05) is 35.8 Å². The molecular weight excluding hydrogens is 357 g/mol. The maximum absolute atomic E-state index is 13.5.